The molecule has 0 spiro atoms. The smallest absolute Gasteiger partial charge is 0.255 e. The molecule has 1 unspecified atom stereocenters. The van der Waals surface area contributed by atoms with E-state index in [9.17, 15) is 4.79 Å². The number of pyridine rings is 1. The molecule has 2 heterocycles. The molecule has 1 saturated heterocycles. The van der Waals surface area contributed by atoms with Crippen LogP contribution in [0.15, 0.2) is 18.5 Å². The quantitative estimate of drug-likeness (QED) is 0.750. The summed E-state index contributed by atoms with van der Waals surface area (Å²) in [6, 6.07) is 3.56. The predicted molar refractivity (Wildman–Crippen MR) is 60.5 cm³/mol. The molecule has 0 saturated carbocycles. The van der Waals surface area contributed by atoms with Crippen molar-refractivity contribution in [3.8, 4) is 6.07 Å². The number of ether oxygens (including phenoxy) is 1. The number of hydrogen-bond donors (Lipinski definition) is 0. The van der Waals surface area contributed by atoms with Crippen molar-refractivity contribution in [1.82, 2.24) is 9.88 Å². The summed E-state index contributed by atoms with van der Waals surface area (Å²) >= 11 is 5.90. The molecule has 1 fully saturated rings. The zero-order valence-corrected chi connectivity index (χ0v) is 9.72. The molecular weight excluding hydrogens is 242 g/mol. The highest BCUT2D eigenvalue weighted by Crippen LogP contribution is 2.17. The average molecular weight is 252 g/mol. The van der Waals surface area contributed by atoms with Crippen molar-refractivity contribution in [2.45, 2.75) is 6.10 Å². The Morgan fingerprint density at radius 1 is 1.71 bits per heavy atom. The third-order valence-electron chi connectivity index (χ3n) is 2.50. The van der Waals surface area contributed by atoms with E-state index in [0.717, 1.165) is 0 Å². The van der Waals surface area contributed by atoms with E-state index in [1.54, 1.807) is 11.0 Å². The van der Waals surface area contributed by atoms with Gasteiger partial charge in [0.15, 0.2) is 6.10 Å². The van der Waals surface area contributed by atoms with Crippen LogP contribution in [0.3, 0.4) is 0 Å². The number of nitrogens with zero attached hydrogens (tertiary/aromatic N) is 3. The minimum absolute atomic E-state index is 0.194. The second-order valence-electron chi connectivity index (χ2n) is 3.60. The van der Waals surface area contributed by atoms with Crippen molar-refractivity contribution >= 4 is 17.5 Å². The molecule has 1 aromatic rings. The summed E-state index contributed by atoms with van der Waals surface area (Å²) in [6.45, 7) is 1.11. The second kappa shape index (κ2) is 5.13. The topological polar surface area (TPSA) is 66.2 Å². The van der Waals surface area contributed by atoms with Crippen LogP contribution in [0.4, 0.5) is 0 Å². The van der Waals surface area contributed by atoms with Gasteiger partial charge in [0.25, 0.3) is 5.91 Å². The Balaban J connectivity index is 2.16. The molecular formula is C11H10ClN3O2. The van der Waals surface area contributed by atoms with E-state index in [2.05, 4.69) is 4.98 Å². The molecule has 1 aliphatic rings. The van der Waals surface area contributed by atoms with E-state index in [4.69, 9.17) is 21.6 Å². The van der Waals surface area contributed by atoms with Gasteiger partial charge in [0, 0.05) is 18.9 Å². The minimum atomic E-state index is -0.562. The lowest BCUT2D eigenvalue weighted by Gasteiger charge is -2.29. The van der Waals surface area contributed by atoms with Crippen molar-refractivity contribution < 1.29 is 9.53 Å². The van der Waals surface area contributed by atoms with E-state index in [1.807, 2.05) is 6.07 Å². The molecule has 6 heteroatoms. The summed E-state index contributed by atoms with van der Waals surface area (Å²) in [5, 5.41) is 9.08. The fraction of sp³-hybridized carbons (Fsp3) is 0.364. The fourth-order valence-corrected chi connectivity index (χ4v) is 1.83. The molecule has 0 aliphatic carbocycles. The van der Waals surface area contributed by atoms with Gasteiger partial charge in [-0.1, -0.05) is 11.6 Å². The molecule has 2 rings (SSSR count). The van der Waals surface area contributed by atoms with E-state index < -0.39 is 6.10 Å². The number of rotatable bonds is 1. The Labute approximate surface area is 104 Å². The highest BCUT2D eigenvalue weighted by atomic mass is 35.5. The summed E-state index contributed by atoms with van der Waals surface area (Å²) < 4.78 is 5.17. The number of hydrogen-bond acceptors (Lipinski definition) is 4. The fourth-order valence-electron chi connectivity index (χ4n) is 1.63. The highest BCUT2D eigenvalue weighted by molar-refractivity contribution is 6.33. The minimum Gasteiger partial charge on any atom is -0.360 e. The average Bonchev–Trinajstić information content (AvgIpc) is 2.38. The second-order valence-corrected chi connectivity index (χ2v) is 4.00. The first-order valence-electron chi connectivity index (χ1n) is 5.12. The van der Waals surface area contributed by atoms with Crippen LogP contribution in [0.25, 0.3) is 0 Å². The third-order valence-corrected chi connectivity index (χ3v) is 2.80. The molecule has 88 valence electrons. The van der Waals surface area contributed by atoms with E-state index in [-0.39, 0.29) is 12.5 Å². The first kappa shape index (κ1) is 11.8. The van der Waals surface area contributed by atoms with Gasteiger partial charge in [-0.25, -0.2) is 0 Å². The first-order chi connectivity index (χ1) is 8.22. The van der Waals surface area contributed by atoms with Gasteiger partial charge >= 0.3 is 0 Å². The molecule has 17 heavy (non-hydrogen) atoms. The summed E-state index contributed by atoms with van der Waals surface area (Å²) in [5.74, 6) is -0.194. The number of nitriles is 1. The third kappa shape index (κ3) is 2.54. The van der Waals surface area contributed by atoms with Gasteiger partial charge in [0.2, 0.25) is 0 Å². The standard InChI is InChI=1S/C11H10ClN3O2/c12-10-6-14-2-1-9(10)11(16)15-3-4-17-8(5-13)7-15/h1-2,6,8H,3-4,7H2. The van der Waals surface area contributed by atoms with Crippen LogP contribution >= 0.6 is 11.6 Å². The summed E-state index contributed by atoms with van der Waals surface area (Å²) in [7, 11) is 0. The van der Waals surface area contributed by atoms with Gasteiger partial charge in [0.05, 0.1) is 29.8 Å². The maximum absolute atomic E-state index is 12.1. The summed E-state index contributed by atoms with van der Waals surface area (Å²) in [5.41, 5.74) is 0.403. The number of halogens is 1. The molecule has 1 aliphatic heterocycles. The van der Waals surface area contributed by atoms with Gasteiger partial charge in [-0.2, -0.15) is 5.26 Å². The lowest BCUT2D eigenvalue weighted by molar-refractivity contribution is 0.00347. The monoisotopic (exact) mass is 251 g/mol. The van der Waals surface area contributed by atoms with Crippen molar-refractivity contribution in [3.05, 3.63) is 29.0 Å². The van der Waals surface area contributed by atoms with E-state index >= 15 is 0 Å². The lowest BCUT2D eigenvalue weighted by atomic mass is 10.2. The summed E-state index contributed by atoms with van der Waals surface area (Å²) in [6.07, 6.45) is 2.38. The van der Waals surface area contributed by atoms with E-state index in [1.165, 1.54) is 12.4 Å². The number of carbonyl (C=O) groups excluding carboxylic acids is 1. The molecule has 1 aromatic heterocycles. The Kier molecular flexibility index (Phi) is 3.57. The van der Waals surface area contributed by atoms with Crippen molar-refractivity contribution in [3.63, 3.8) is 0 Å². The van der Waals surface area contributed by atoms with E-state index in [0.29, 0.717) is 23.7 Å². The van der Waals surface area contributed by atoms with Crippen molar-refractivity contribution in [1.29, 1.82) is 5.26 Å². The zero-order valence-electron chi connectivity index (χ0n) is 8.97. The zero-order chi connectivity index (χ0) is 12.3. The van der Waals surface area contributed by atoms with Crippen LogP contribution in [0.2, 0.25) is 5.02 Å². The Morgan fingerprint density at radius 3 is 3.24 bits per heavy atom. The molecule has 1 amide bonds. The molecule has 0 bridgehead atoms. The van der Waals surface area contributed by atoms with Gasteiger partial charge < -0.3 is 9.64 Å². The number of carbonyl (C=O) groups is 1. The van der Waals surface area contributed by atoms with Gasteiger partial charge in [-0.15, -0.1) is 0 Å². The maximum atomic E-state index is 12.1. The predicted octanol–water partition coefficient (Wildman–Crippen LogP) is 1.10. The molecule has 0 N–H and O–H groups in total. The highest BCUT2D eigenvalue weighted by Gasteiger charge is 2.25. The van der Waals surface area contributed by atoms with Crippen LogP contribution in [-0.2, 0) is 4.74 Å². The maximum Gasteiger partial charge on any atom is 0.255 e. The summed E-state index contributed by atoms with van der Waals surface area (Å²) in [4.78, 5) is 17.5. The lowest BCUT2D eigenvalue weighted by Crippen LogP contribution is -2.45. The van der Waals surface area contributed by atoms with Gasteiger partial charge in [-0.3, -0.25) is 9.78 Å². The van der Waals surface area contributed by atoms with Crippen molar-refractivity contribution in [2.24, 2.45) is 0 Å². The van der Waals surface area contributed by atoms with Gasteiger partial charge in [0.1, 0.15) is 0 Å². The number of morpholine rings is 1. The van der Waals surface area contributed by atoms with Crippen LogP contribution in [-0.4, -0.2) is 41.6 Å². The number of aromatic nitrogens is 1. The Morgan fingerprint density at radius 2 is 2.53 bits per heavy atom. The SMILES string of the molecule is N#CC1CN(C(=O)c2ccncc2Cl)CCO1. The van der Waals surface area contributed by atoms with Gasteiger partial charge in [-0.05, 0) is 6.07 Å². The molecule has 0 radical (unpaired) electrons. The molecule has 0 aromatic carbocycles. The van der Waals surface area contributed by atoms with Crippen LogP contribution in [0, 0.1) is 11.3 Å². The van der Waals surface area contributed by atoms with Crippen LogP contribution < -0.4 is 0 Å². The van der Waals surface area contributed by atoms with Crippen LogP contribution in [0.5, 0.6) is 0 Å². The number of amides is 1. The van der Waals surface area contributed by atoms with Crippen molar-refractivity contribution in [2.75, 3.05) is 19.7 Å². The first-order valence-corrected chi connectivity index (χ1v) is 5.50. The van der Waals surface area contributed by atoms with Crippen LogP contribution in [0.1, 0.15) is 10.4 Å². The Bertz CT molecular complexity index is 472. The largest absolute Gasteiger partial charge is 0.360 e. The Hall–Kier alpha value is -1.64. The molecule has 1 atom stereocenters. The molecule has 5 nitrogen and oxygen atoms in total. The normalized spacial score (nSPS) is 19.8.